The first-order valence-electron chi connectivity index (χ1n) is 8.87. The number of H-pyrrole nitrogens is 1. The van der Waals surface area contributed by atoms with Crippen LogP contribution in [0.4, 0.5) is 0 Å². The Bertz CT molecular complexity index is 609. The number of hydrogen-bond acceptors (Lipinski definition) is 4. The Labute approximate surface area is 136 Å². The van der Waals surface area contributed by atoms with Gasteiger partial charge in [0.25, 0.3) is 0 Å². The lowest BCUT2D eigenvalue weighted by atomic mass is 9.89. The monoisotopic (exact) mass is 315 g/mol. The fourth-order valence-electron chi connectivity index (χ4n) is 3.75. The molecule has 6 heteroatoms. The average molecular weight is 315 g/mol. The average Bonchev–Trinajstić information content (AvgIpc) is 3.31. The van der Waals surface area contributed by atoms with Gasteiger partial charge in [0.15, 0.2) is 5.82 Å². The fraction of sp³-hybridized carbons (Fsp3) is 0.706. The zero-order valence-electron chi connectivity index (χ0n) is 13.6. The molecule has 23 heavy (non-hydrogen) atoms. The van der Waals surface area contributed by atoms with E-state index in [4.69, 9.17) is 14.8 Å². The first-order valence-corrected chi connectivity index (χ1v) is 8.87. The van der Waals surface area contributed by atoms with Gasteiger partial charge in [-0.2, -0.15) is 5.10 Å². The topological polar surface area (TPSA) is 68.6 Å². The van der Waals surface area contributed by atoms with Crippen molar-refractivity contribution in [2.45, 2.75) is 57.4 Å². The molecule has 0 spiro atoms. The van der Waals surface area contributed by atoms with Gasteiger partial charge in [0.05, 0.1) is 12.9 Å². The molecule has 2 aliphatic rings. The van der Waals surface area contributed by atoms with Gasteiger partial charge in [0, 0.05) is 37.4 Å². The molecule has 1 saturated heterocycles. The second-order valence-corrected chi connectivity index (χ2v) is 6.89. The molecule has 0 bridgehead atoms. The third-order valence-corrected chi connectivity index (χ3v) is 5.12. The van der Waals surface area contributed by atoms with Crippen molar-refractivity contribution in [2.75, 3.05) is 13.2 Å². The van der Waals surface area contributed by atoms with E-state index >= 15 is 0 Å². The second-order valence-electron chi connectivity index (χ2n) is 6.89. The quantitative estimate of drug-likeness (QED) is 0.921. The van der Waals surface area contributed by atoms with Crippen LogP contribution in [0.2, 0.25) is 0 Å². The minimum absolute atomic E-state index is 0.364. The summed E-state index contributed by atoms with van der Waals surface area (Å²) >= 11 is 0. The van der Waals surface area contributed by atoms with E-state index in [1.165, 1.54) is 32.1 Å². The summed E-state index contributed by atoms with van der Waals surface area (Å²) in [7, 11) is 0. The maximum absolute atomic E-state index is 5.51. The Morgan fingerprint density at radius 2 is 2.13 bits per heavy atom. The zero-order valence-corrected chi connectivity index (χ0v) is 13.6. The van der Waals surface area contributed by atoms with E-state index in [0.29, 0.717) is 5.92 Å². The lowest BCUT2D eigenvalue weighted by Crippen LogP contribution is -2.17. The van der Waals surface area contributed by atoms with Crippen molar-refractivity contribution >= 4 is 0 Å². The number of aromatic amines is 1. The van der Waals surface area contributed by atoms with Gasteiger partial charge in [-0.25, -0.2) is 14.6 Å². The molecule has 3 heterocycles. The summed E-state index contributed by atoms with van der Waals surface area (Å²) in [5.74, 6) is 3.14. The molecule has 2 aromatic heterocycles. The van der Waals surface area contributed by atoms with Gasteiger partial charge in [0.2, 0.25) is 0 Å². The number of nitrogens with zero attached hydrogens (tertiary/aromatic N) is 4. The minimum atomic E-state index is 0.364. The van der Waals surface area contributed by atoms with E-state index in [9.17, 15) is 0 Å². The summed E-state index contributed by atoms with van der Waals surface area (Å²) in [5.41, 5.74) is 1.09. The highest BCUT2D eigenvalue weighted by molar-refractivity contribution is 5.09. The van der Waals surface area contributed by atoms with Crippen LogP contribution in [-0.2, 0) is 17.7 Å². The van der Waals surface area contributed by atoms with Crippen molar-refractivity contribution in [1.29, 1.82) is 0 Å². The normalized spacial score (nSPS) is 22.7. The molecule has 2 aromatic rings. The predicted molar refractivity (Wildman–Crippen MR) is 86.2 cm³/mol. The summed E-state index contributed by atoms with van der Waals surface area (Å²) in [4.78, 5) is 12.1. The van der Waals surface area contributed by atoms with Crippen LogP contribution in [0.25, 0.3) is 0 Å². The zero-order chi connectivity index (χ0) is 15.5. The highest BCUT2D eigenvalue weighted by Gasteiger charge is 2.25. The molecule has 1 atom stereocenters. The number of rotatable bonds is 5. The summed E-state index contributed by atoms with van der Waals surface area (Å²) in [5, 5.41) is 4.86. The van der Waals surface area contributed by atoms with Crippen LogP contribution in [-0.4, -0.2) is 37.9 Å². The Kier molecular flexibility index (Phi) is 4.41. The van der Waals surface area contributed by atoms with Crippen LogP contribution in [0.5, 0.6) is 0 Å². The predicted octanol–water partition coefficient (Wildman–Crippen LogP) is 2.68. The van der Waals surface area contributed by atoms with Crippen LogP contribution < -0.4 is 0 Å². The highest BCUT2D eigenvalue weighted by atomic mass is 16.5. The molecule has 1 aliphatic heterocycles. The molecule has 6 nitrogen and oxygen atoms in total. The smallest absolute Gasteiger partial charge is 0.156 e. The third-order valence-electron chi connectivity index (χ3n) is 5.12. The highest BCUT2D eigenvalue weighted by Crippen LogP contribution is 2.27. The second kappa shape index (κ2) is 6.83. The van der Waals surface area contributed by atoms with Gasteiger partial charge >= 0.3 is 0 Å². The van der Waals surface area contributed by atoms with Crippen LogP contribution in [0, 0.1) is 5.92 Å². The summed E-state index contributed by atoms with van der Waals surface area (Å²) in [6.45, 7) is 2.60. The van der Waals surface area contributed by atoms with Crippen molar-refractivity contribution in [2.24, 2.45) is 5.92 Å². The Morgan fingerprint density at radius 1 is 1.22 bits per heavy atom. The summed E-state index contributed by atoms with van der Waals surface area (Å²) in [6.07, 6.45) is 12.2. The van der Waals surface area contributed by atoms with Gasteiger partial charge in [-0.15, -0.1) is 0 Å². The molecule has 0 aromatic carbocycles. The Hall–Kier alpha value is -1.69. The lowest BCUT2D eigenvalue weighted by molar-refractivity contribution is 0.193. The summed E-state index contributed by atoms with van der Waals surface area (Å²) < 4.78 is 7.67. The maximum atomic E-state index is 5.51. The van der Waals surface area contributed by atoms with Gasteiger partial charge in [-0.1, -0.05) is 19.3 Å². The maximum Gasteiger partial charge on any atom is 0.156 e. The number of aromatic nitrogens is 5. The molecule has 0 amide bonds. The van der Waals surface area contributed by atoms with Crippen molar-refractivity contribution < 1.29 is 4.74 Å². The molecule has 1 unspecified atom stereocenters. The standard InChI is InChI=1S/C17H25N5O/c1-2-4-13(5-3-1)10-22-16(8-15-9-18-12-19-15)20-17(21-22)14-6-7-23-11-14/h9,12-14H,1-8,10-11H2,(H,18,19). The van der Waals surface area contributed by atoms with E-state index in [1.54, 1.807) is 6.33 Å². The number of hydrogen-bond donors (Lipinski definition) is 1. The molecular weight excluding hydrogens is 290 g/mol. The minimum Gasteiger partial charge on any atom is -0.381 e. The number of ether oxygens (including phenoxy) is 1. The van der Waals surface area contributed by atoms with E-state index in [1.807, 2.05) is 6.20 Å². The first kappa shape index (κ1) is 14.9. The molecule has 4 rings (SSSR count). The van der Waals surface area contributed by atoms with Gasteiger partial charge in [-0.05, 0) is 25.2 Å². The first-order chi connectivity index (χ1) is 11.4. The van der Waals surface area contributed by atoms with Crippen molar-refractivity contribution in [3.05, 3.63) is 29.9 Å². The Morgan fingerprint density at radius 3 is 2.87 bits per heavy atom. The Balaban J connectivity index is 1.55. The molecule has 124 valence electrons. The number of imidazole rings is 1. The van der Waals surface area contributed by atoms with Crippen molar-refractivity contribution in [3.63, 3.8) is 0 Å². The molecule has 1 saturated carbocycles. The largest absolute Gasteiger partial charge is 0.381 e. The van der Waals surface area contributed by atoms with Gasteiger partial charge in [0.1, 0.15) is 5.82 Å². The van der Waals surface area contributed by atoms with Crippen LogP contribution >= 0.6 is 0 Å². The van der Waals surface area contributed by atoms with Crippen LogP contribution in [0.15, 0.2) is 12.5 Å². The van der Waals surface area contributed by atoms with Gasteiger partial charge in [-0.3, -0.25) is 0 Å². The molecule has 0 radical (unpaired) electrons. The van der Waals surface area contributed by atoms with Crippen LogP contribution in [0.1, 0.15) is 61.8 Å². The molecule has 1 aliphatic carbocycles. The third kappa shape index (κ3) is 3.47. The molecular formula is C17H25N5O. The summed E-state index contributed by atoms with van der Waals surface area (Å²) in [6, 6.07) is 0. The molecule has 2 fully saturated rings. The number of nitrogens with one attached hydrogen (secondary N) is 1. The van der Waals surface area contributed by atoms with Gasteiger partial charge < -0.3 is 9.72 Å². The SMILES string of the molecule is c1ncc(Cc2nc(C3CCOC3)nn2CC2CCCCC2)[nH]1. The van der Waals surface area contributed by atoms with E-state index in [2.05, 4.69) is 14.6 Å². The van der Waals surface area contributed by atoms with Crippen molar-refractivity contribution in [1.82, 2.24) is 24.7 Å². The van der Waals surface area contributed by atoms with E-state index in [-0.39, 0.29) is 0 Å². The van der Waals surface area contributed by atoms with Crippen LogP contribution in [0.3, 0.4) is 0 Å². The lowest BCUT2D eigenvalue weighted by Gasteiger charge is -2.21. The molecule has 1 N–H and O–H groups in total. The fourth-order valence-corrected chi connectivity index (χ4v) is 3.75. The van der Waals surface area contributed by atoms with E-state index < -0.39 is 0 Å². The van der Waals surface area contributed by atoms with Crippen molar-refractivity contribution in [3.8, 4) is 0 Å². The van der Waals surface area contributed by atoms with E-state index in [0.717, 1.165) is 55.9 Å².